The summed E-state index contributed by atoms with van der Waals surface area (Å²) in [7, 11) is 0. The summed E-state index contributed by atoms with van der Waals surface area (Å²) in [5.74, 6) is 0.493. The second-order valence-electron chi connectivity index (χ2n) is 9.24. The number of nitro groups is 1. The van der Waals surface area contributed by atoms with Crippen molar-refractivity contribution in [1.29, 1.82) is 0 Å². The van der Waals surface area contributed by atoms with Crippen molar-refractivity contribution in [3.8, 4) is 0 Å². The first-order valence-electron chi connectivity index (χ1n) is 11.9. The summed E-state index contributed by atoms with van der Waals surface area (Å²) in [6.07, 6.45) is 3.11. The highest BCUT2D eigenvalue weighted by molar-refractivity contribution is 5.69. The number of likely N-dealkylation sites (tertiary alicyclic amines) is 1. The number of ether oxygens (including phenoxy) is 2. The summed E-state index contributed by atoms with van der Waals surface area (Å²) in [5.41, 5.74) is 0.518. The van der Waals surface area contributed by atoms with E-state index in [1.54, 1.807) is 0 Å². The summed E-state index contributed by atoms with van der Waals surface area (Å²) in [6.45, 7) is -0.429. The van der Waals surface area contributed by atoms with Gasteiger partial charge in [-0.1, -0.05) is 60.7 Å². The van der Waals surface area contributed by atoms with Gasteiger partial charge < -0.3 is 14.6 Å². The van der Waals surface area contributed by atoms with Crippen LogP contribution in [-0.4, -0.2) is 58.5 Å². The van der Waals surface area contributed by atoms with Crippen LogP contribution in [0.25, 0.3) is 0 Å². The van der Waals surface area contributed by atoms with Crippen LogP contribution in [0.4, 0.5) is 4.79 Å². The van der Waals surface area contributed by atoms with Gasteiger partial charge in [0.25, 0.3) is 5.54 Å². The molecule has 2 atom stereocenters. The van der Waals surface area contributed by atoms with Crippen molar-refractivity contribution >= 4 is 6.09 Å². The number of carbonyl (C=O) groups excluding carboxylic acids is 1. The van der Waals surface area contributed by atoms with Crippen molar-refractivity contribution in [2.45, 2.75) is 62.3 Å². The van der Waals surface area contributed by atoms with E-state index in [-0.39, 0.29) is 32.3 Å². The molecular formula is C26H32N2O6. The normalized spacial score (nSPS) is 26.9. The number of nitrogens with zero attached hydrogens (tertiary/aromatic N) is 2. The van der Waals surface area contributed by atoms with E-state index >= 15 is 0 Å². The molecule has 0 radical (unpaired) electrons. The minimum absolute atomic E-state index is 0.00263. The van der Waals surface area contributed by atoms with Crippen LogP contribution in [0, 0.1) is 10.1 Å². The molecule has 8 nitrogen and oxygen atoms in total. The van der Waals surface area contributed by atoms with E-state index in [0.29, 0.717) is 5.92 Å². The van der Waals surface area contributed by atoms with Crippen molar-refractivity contribution in [3.63, 3.8) is 0 Å². The van der Waals surface area contributed by atoms with E-state index in [9.17, 15) is 20.0 Å². The number of amides is 1. The number of hydrogen-bond donors (Lipinski definition) is 1. The number of aliphatic hydroxyl groups is 1. The van der Waals surface area contributed by atoms with Gasteiger partial charge >= 0.3 is 6.09 Å². The molecule has 0 unspecified atom stereocenters. The van der Waals surface area contributed by atoms with Crippen LogP contribution in [0.5, 0.6) is 0 Å². The van der Waals surface area contributed by atoms with E-state index in [2.05, 4.69) is 24.3 Å². The summed E-state index contributed by atoms with van der Waals surface area (Å²) in [5, 5.41) is 22.0. The fourth-order valence-electron chi connectivity index (χ4n) is 5.16. The number of rotatable bonds is 8. The minimum atomic E-state index is -1.65. The molecule has 1 amide bonds. The zero-order chi connectivity index (χ0) is 24.0. The quantitative estimate of drug-likeness (QED) is 0.461. The molecule has 1 N–H and O–H groups in total. The molecule has 34 heavy (non-hydrogen) atoms. The van der Waals surface area contributed by atoms with E-state index in [4.69, 9.17) is 9.47 Å². The van der Waals surface area contributed by atoms with Gasteiger partial charge in [-0.25, -0.2) is 4.79 Å². The predicted octanol–water partition coefficient (Wildman–Crippen LogP) is 4.15. The second kappa shape index (κ2) is 11.0. The molecule has 2 aromatic carbocycles. The Balaban J connectivity index is 1.37. The molecule has 182 valence electrons. The Hall–Kier alpha value is -2.97. The molecule has 4 rings (SSSR count). The highest BCUT2D eigenvalue weighted by atomic mass is 16.6. The van der Waals surface area contributed by atoms with Crippen LogP contribution in [0.1, 0.15) is 49.1 Å². The fraction of sp³-hybridized carbons (Fsp3) is 0.500. The van der Waals surface area contributed by atoms with Gasteiger partial charge in [0.15, 0.2) is 0 Å². The molecule has 1 saturated carbocycles. The molecule has 8 heteroatoms. The van der Waals surface area contributed by atoms with Crippen LogP contribution in [0.2, 0.25) is 0 Å². The molecule has 0 bridgehead atoms. The lowest BCUT2D eigenvalue weighted by atomic mass is 9.82. The van der Waals surface area contributed by atoms with Crippen LogP contribution in [0.15, 0.2) is 60.7 Å². The number of carbonyl (C=O) groups is 1. The van der Waals surface area contributed by atoms with Crippen molar-refractivity contribution < 1.29 is 24.3 Å². The maximum Gasteiger partial charge on any atom is 0.410 e. The smallest absolute Gasteiger partial charge is 0.410 e. The molecule has 1 heterocycles. The molecule has 2 aromatic rings. The summed E-state index contributed by atoms with van der Waals surface area (Å²) in [6, 6.07) is 18.8. The Labute approximate surface area is 199 Å². The molecule has 0 spiro atoms. The highest BCUT2D eigenvalue weighted by Gasteiger charge is 2.59. The van der Waals surface area contributed by atoms with Gasteiger partial charge in [0.1, 0.15) is 19.3 Å². The van der Waals surface area contributed by atoms with Gasteiger partial charge in [-0.2, -0.15) is 0 Å². The van der Waals surface area contributed by atoms with Crippen LogP contribution >= 0.6 is 0 Å². The zero-order valence-corrected chi connectivity index (χ0v) is 19.3. The Morgan fingerprint density at radius 3 is 2.32 bits per heavy atom. The average molecular weight is 469 g/mol. The molecule has 1 aliphatic heterocycles. The largest absolute Gasteiger partial charge is 0.445 e. The van der Waals surface area contributed by atoms with Gasteiger partial charge in [-0.3, -0.25) is 15.0 Å². The Morgan fingerprint density at radius 2 is 1.71 bits per heavy atom. The monoisotopic (exact) mass is 468 g/mol. The topological polar surface area (TPSA) is 102 Å². The first-order chi connectivity index (χ1) is 16.5. The minimum Gasteiger partial charge on any atom is -0.445 e. The summed E-state index contributed by atoms with van der Waals surface area (Å²) in [4.78, 5) is 25.7. The third-order valence-electron chi connectivity index (χ3n) is 7.29. The third kappa shape index (κ3) is 5.23. The Kier molecular flexibility index (Phi) is 7.80. The lowest BCUT2D eigenvalue weighted by molar-refractivity contribution is -0.576. The van der Waals surface area contributed by atoms with E-state index < -0.39 is 29.2 Å². The molecular weight excluding hydrogens is 436 g/mol. The van der Waals surface area contributed by atoms with Gasteiger partial charge in [0, 0.05) is 17.9 Å². The van der Waals surface area contributed by atoms with Crippen LogP contribution < -0.4 is 0 Å². The molecule has 2 fully saturated rings. The first-order valence-corrected chi connectivity index (χ1v) is 11.9. The summed E-state index contributed by atoms with van der Waals surface area (Å²) >= 11 is 0. The van der Waals surface area contributed by atoms with E-state index in [1.807, 2.05) is 36.4 Å². The SMILES string of the molecule is O=C(OCc1ccccc1)N1CC[C@](CO)([N+](=O)[O-])[C@@H]1COC1CCC(c2ccccc2)CC1. The third-order valence-corrected chi connectivity index (χ3v) is 7.29. The maximum atomic E-state index is 12.9. The second-order valence-corrected chi connectivity index (χ2v) is 9.24. The molecule has 2 aliphatic rings. The molecule has 0 aromatic heterocycles. The van der Waals surface area contributed by atoms with Gasteiger partial charge in [-0.15, -0.1) is 0 Å². The van der Waals surface area contributed by atoms with Crippen molar-refractivity contribution in [2.75, 3.05) is 19.8 Å². The van der Waals surface area contributed by atoms with E-state index in [1.165, 1.54) is 10.5 Å². The lowest BCUT2D eigenvalue weighted by Crippen LogP contribution is -2.56. The zero-order valence-electron chi connectivity index (χ0n) is 19.3. The first kappa shape index (κ1) is 24.2. The standard InChI is InChI=1S/C26H32N2O6/c29-19-26(28(31)32)15-16-27(25(30)34-17-20-7-3-1-4-8-20)24(26)18-33-23-13-11-22(12-14-23)21-9-5-2-6-10-21/h1-10,22-24,29H,11-19H2/t22?,23?,24-,26+/m0/s1. The molecule has 1 saturated heterocycles. The highest BCUT2D eigenvalue weighted by Crippen LogP contribution is 2.36. The van der Waals surface area contributed by atoms with Crippen molar-refractivity contribution in [3.05, 3.63) is 81.9 Å². The lowest BCUT2D eigenvalue weighted by Gasteiger charge is -2.33. The average Bonchev–Trinajstić information content (AvgIpc) is 3.27. The number of benzene rings is 2. The summed E-state index contributed by atoms with van der Waals surface area (Å²) < 4.78 is 11.6. The van der Waals surface area contributed by atoms with Gasteiger partial charge in [0.05, 0.1) is 12.7 Å². The van der Waals surface area contributed by atoms with Crippen molar-refractivity contribution in [1.82, 2.24) is 4.90 Å². The van der Waals surface area contributed by atoms with Crippen LogP contribution in [0.3, 0.4) is 0 Å². The Bertz CT molecular complexity index is 948. The van der Waals surface area contributed by atoms with E-state index in [0.717, 1.165) is 31.2 Å². The predicted molar refractivity (Wildman–Crippen MR) is 126 cm³/mol. The number of aliphatic hydroxyl groups excluding tert-OH is 1. The maximum absolute atomic E-state index is 12.9. The van der Waals surface area contributed by atoms with Gasteiger partial charge in [-0.05, 0) is 42.7 Å². The number of hydrogen-bond acceptors (Lipinski definition) is 6. The van der Waals surface area contributed by atoms with Crippen LogP contribution in [-0.2, 0) is 16.1 Å². The Morgan fingerprint density at radius 1 is 1.06 bits per heavy atom. The van der Waals surface area contributed by atoms with Crippen molar-refractivity contribution in [2.24, 2.45) is 0 Å². The fourth-order valence-corrected chi connectivity index (χ4v) is 5.16. The van der Waals surface area contributed by atoms with Gasteiger partial charge in [0.2, 0.25) is 0 Å². The molecule has 1 aliphatic carbocycles.